The summed E-state index contributed by atoms with van der Waals surface area (Å²) in [4.78, 5) is 0.968. The van der Waals surface area contributed by atoms with Gasteiger partial charge in [-0.25, -0.2) is 4.39 Å². The van der Waals surface area contributed by atoms with Crippen LogP contribution < -0.4 is 10.0 Å². The molecule has 0 bridgehead atoms. The van der Waals surface area contributed by atoms with Crippen molar-refractivity contribution < 1.29 is 4.39 Å². The summed E-state index contributed by atoms with van der Waals surface area (Å²) in [6.07, 6.45) is 8.76. The molecule has 2 aromatic rings. The average Bonchev–Trinajstić information content (AvgIpc) is 2.57. The van der Waals surface area contributed by atoms with E-state index in [1.165, 1.54) is 24.1 Å². The highest BCUT2D eigenvalue weighted by atomic mass is 35.5. The zero-order chi connectivity index (χ0) is 17.2. The first kappa shape index (κ1) is 19.7. The Bertz CT molecular complexity index is 632. The summed E-state index contributed by atoms with van der Waals surface area (Å²) >= 11 is 13.3. The summed E-state index contributed by atoms with van der Waals surface area (Å²) in [5.41, 5.74) is 6.02. The lowest BCUT2D eigenvalue weighted by atomic mass is 10.3. The van der Waals surface area contributed by atoms with Gasteiger partial charge in [0.25, 0.3) is 0 Å². The topological polar surface area (TPSA) is 29.3 Å². The average molecular weight is 371 g/mol. The molecule has 0 unspecified atom stereocenters. The molecule has 0 aromatic heterocycles. The number of benzene rings is 2. The van der Waals surface area contributed by atoms with Crippen molar-refractivity contribution in [2.45, 2.75) is 11.3 Å². The van der Waals surface area contributed by atoms with Crippen molar-refractivity contribution in [2.75, 3.05) is 17.4 Å². The molecule has 0 heterocycles. The Labute approximate surface area is 150 Å². The summed E-state index contributed by atoms with van der Waals surface area (Å²) in [6, 6.07) is 11.9. The summed E-state index contributed by atoms with van der Waals surface area (Å²) in [5, 5.41) is 1.17. The Morgan fingerprint density at radius 1 is 1.04 bits per heavy atom. The van der Waals surface area contributed by atoms with E-state index in [-0.39, 0.29) is 5.82 Å². The fourth-order valence-electron chi connectivity index (χ4n) is 1.75. The number of nitrogens with two attached hydrogens (primary N) is 1. The molecule has 0 aliphatic carbocycles. The Kier molecular flexibility index (Phi) is 8.90. The van der Waals surface area contributed by atoms with Gasteiger partial charge in [0.05, 0.1) is 5.69 Å². The van der Waals surface area contributed by atoms with Crippen molar-refractivity contribution in [3.8, 4) is 12.8 Å². The minimum Gasteiger partial charge on any atom is -0.330 e. The number of terminal acetylenes is 1. The van der Waals surface area contributed by atoms with Gasteiger partial charge in [-0.2, -0.15) is 0 Å². The predicted octanol–water partition coefficient (Wildman–Crippen LogP) is 5.24. The second-order valence-electron chi connectivity index (χ2n) is 4.39. The zero-order valence-corrected chi connectivity index (χ0v) is 14.7. The SMILES string of the molecule is C#C.NCCCN(Sc1ccc(Cl)cc1)c1cc(Cl)ccc1F. The lowest BCUT2D eigenvalue weighted by molar-refractivity contribution is 0.626. The third-order valence-electron chi connectivity index (χ3n) is 2.77. The molecule has 122 valence electrons. The number of anilines is 1. The van der Waals surface area contributed by atoms with Crippen LogP contribution in [0.5, 0.6) is 0 Å². The zero-order valence-electron chi connectivity index (χ0n) is 12.4. The van der Waals surface area contributed by atoms with Gasteiger partial charge in [0, 0.05) is 21.5 Å². The highest BCUT2D eigenvalue weighted by Crippen LogP contribution is 2.33. The van der Waals surface area contributed by atoms with Crippen molar-refractivity contribution in [2.24, 2.45) is 5.73 Å². The van der Waals surface area contributed by atoms with Gasteiger partial charge in [-0.15, -0.1) is 12.8 Å². The van der Waals surface area contributed by atoms with E-state index in [1.807, 2.05) is 16.4 Å². The van der Waals surface area contributed by atoms with Crippen LogP contribution in [0.2, 0.25) is 10.0 Å². The molecule has 2 nitrogen and oxygen atoms in total. The Morgan fingerprint density at radius 3 is 2.26 bits per heavy atom. The van der Waals surface area contributed by atoms with Crippen molar-refractivity contribution >= 4 is 40.8 Å². The van der Waals surface area contributed by atoms with Gasteiger partial charge in [0.2, 0.25) is 0 Å². The van der Waals surface area contributed by atoms with Gasteiger partial charge < -0.3 is 10.0 Å². The van der Waals surface area contributed by atoms with Crippen LogP contribution in [-0.4, -0.2) is 13.1 Å². The lowest BCUT2D eigenvalue weighted by Gasteiger charge is -2.24. The number of hydrogen-bond acceptors (Lipinski definition) is 3. The van der Waals surface area contributed by atoms with E-state index in [4.69, 9.17) is 28.9 Å². The molecule has 0 fully saturated rings. The molecule has 2 N–H and O–H groups in total. The summed E-state index contributed by atoms with van der Waals surface area (Å²) < 4.78 is 15.9. The molecule has 0 amide bonds. The number of nitrogens with zero attached hydrogens (tertiary/aromatic N) is 1. The van der Waals surface area contributed by atoms with Gasteiger partial charge in [-0.3, -0.25) is 0 Å². The van der Waals surface area contributed by atoms with Crippen molar-refractivity contribution in [3.63, 3.8) is 0 Å². The minimum absolute atomic E-state index is 0.308. The van der Waals surface area contributed by atoms with Crippen LogP contribution in [0.3, 0.4) is 0 Å². The van der Waals surface area contributed by atoms with Gasteiger partial charge in [-0.1, -0.05) is 23.2 Å². The van der Waals surface area contributed by atoms with Crippen LogP contribution in [0.1, 0.15) is 6.42 Å². The Morgan fingerprint density at radius 2 is 1.65 bits per heavy atom. The Hall–Kier alpha value is -1.38. The fourth-order valence-corrected chi connectivity index (χ4v) is 3.01. The largest absolute Gasteiger partial charge is 0.330 e. The van der Waals surface area contributed by atoms with E-state index in [0.29, 0.717) is 28.8 Å². The van der Waals surface area contributed by atoms with Crippen molar-refractivity contribution in [1.82, 2.24) is 0 Å². The first-order valence-electron chi connectivity index (χ1n) is 6.79. The van der Waals surface area contributed by atoms with Crippen LogP contribution in [0.4, 0.5) is 10.1 Å². The second-order valence-corrected chi connectivity index (χ2v) is 6.35. The van der Waals surface area contributed by atoms with Crippen LogP contribution in [-0.2, 0) is 0 Å². The first-order valence-corrected chi connectivity index (χ1v) is 8.32. The molecule has 6 heteroatoms. The number of hydrogen-bond donors (Lipinski definition) is 1. The maximum absolute atomic E-state index is 14.0. The van der Waals surface area contributed by atoms with E-state index in [0.717, 1.165) is 11.3 Å². The predicted molar refractivity (Wildman–Crippen MR) is 99.6 cm³/mol. The highest BCUT2D eigenvalue weighted by Gasteiger charge is 2.13. The summed E-state index contributed by atoms with van der Waals surface area (Å²) in [7, 11) is 0. The molecule has 0 saturated heterocycles. The van der Waals surface area contributed by atoms with Gasteiger partial charge in [0.1, 0.15) is 5.82 Å². The molecule has 0 aliphatic rings. The van der Waals surface area contributed by atoms with E-state index in [2.05, 4.69) is 12.8 Å². The summed E-state index contributed by atoms with van der Waals surface area (Å²) in [6.45, 7) is 1.17. The van der Waals surface area contributed by atoms with Gasteiger partial charge >= 0.3 is 0 Å². The third kappa shape index (κ3) is 6.32. The normalized spacial score (nSPS) is 9.83. The quantitative estimate of drug-likeness (QED) is 0.556. The number of rotatable bonds is 6. The van der Waals surface area contributed by atoms with E-state index >= 15 is 0 Å². The summed E-state index contributed by atoms with van der Waals surface area (Å²) in [5.74, 6) is -0.308. The van der Waals surface area contributed by atoms with Crippen molar-refractivity contribution in [3.05, 3.63) is 58.3 Å². The van der Waals surface area contributed by atoms with Gasteiger partial charge in [0.15, 0.2) is 0 Å². The molecular formula is C17H17Cl2FN2S. The van der Waals surface area contributed by atoms with Gasteiger partial charge in [-0.05, 0) is 67.4 Å². The van der Waals surface area contributed by atoms with Crippen molar-refractivity contribution in [1.29, 1.82) is 0 Å². The minimum atomic E-state index is -0.308. The standard InChI is InChI=1S/C15H15Cl2FN2S.C2H2/c16-11-2-5-13(6-3-11)21-20(9-1-8-19)15-10-12(17)4-7-14(15)18;1-2/h2-7,10H,1,8-9,19H2;1-2H. The molecule has 2 aromatic carbocycles. The smallest absolute Gasteiger partial charge is 0.147 e. The van der Waals surface area contributed by atoms with Crippen LogP contribution >= 0.6 is 35.1 Å². The molecule has 0 radical (unpaired) electrons. The second kappa shape index (κ2) is 10.4. The maximum atomic E-state index is 14.0. The molecule has 0 saturated carbocycles. The first-order chi connectivity index (χ1) is 11.1. The number of halogens is 3. The van der Waals surface area contributed by atoms with Crippen LogP contribution in [0.25, 0.3) is 0 Å². The molecule has 0 spiro atoms. The van der Waals surface area contributed by atoms with Crippen LogP contribution in [0.15, 0.2) is 47.4 Å². The van der Waals surface area contributed by atoms with E-state index < -0.39 is 0 Å². The lowest BCUT2D eigenvalue weighted by Crippen LogP contribution is -2.19. The molecular weight excluding hydrogens is 354 g/mol. The fraction of sp³-hybridized carbons (Fsp3) is 0.176. The van der Waals surface area contributed by atoms with E-state index in [9.17, 15) is 4.39 Å². The molecule has 23 heavy (non-hydrogen) atoms. The van der Waals surface area contributed by atoms with E-state index in [1.54, 1.807) is 18.2 Å². The molecule has 0 aliphatic heterocycles. The maximum Gasteiger partial charge on any atom is 0.147 e. The highest BCUT2D eigenvalue weighted by molar-refractivity contribution is 8.00. The van der Waals surface area contributed by atoms with Crippen LogP contribution in [0, 0.1) is 18.7 Å². The Balaban J connectivity index is 0.00000127. The monoisotopic (exact) mass is 370 g/mol. The molecule has 0 atom stereocenters. The third-order valence-corrected chi connectivity index (χ3v) is 4.34. The molecule has 2 rings (SSSR count).